The molecule has 1 amide bonds. The van der Waals surface area contributed by atoms with Gasteiger partial charge < -0.3 is 20.5 Å². The van der Waals surface area contributed by atoms with Gasteiger partial charge in [-0.05, 0) is 19.9 Å². The minimum Gasteiger partial charge on any atom is -0.452 e. The Labute approximate surface area is 160 Å². The van der Waals surface area contributed by atoms with E-state index >= 15 is 0 Å². The molecular weight excluding hydrogens is 370 g/mol. The van der Waals surface area contributed by atoms with Crippen molar-refractivity contribution in [2.75, 3.05) is 30.4 Å². The van der Waals surface area contributed by atoms with Gasteiger partial charge in [0.05, 0.1) is 23.3 Å². The van der Waals surface area contributed by atoms with Gasteiger partial charge in [-0.3, -0.25) is 14.9 Å². The zero-order valence-electron chi connectivity index (χ0n) is 15.4. The quantitative estimate of drug-likeness (QED) is 0.331. The van der Waals surface area contributed by atoms with Crippen LogP contribution >= 0.6 is 0 Å². The van der Waals surface area contributed by atoms with Gasteiger partial charge in [-0.25, -0.2) is 9.48 Å². The molecule has 1 aromatic carbocycles. The van der Waals surface area contributed by atoms with E-state index in [0.717, 1.165) is 6.07 Å². The van der Waals surface area contributed by atoms with Crippen LogP contribution in [0.25, 0.3) is 0 Å². The maximum absolute atomic E-state index is 12.3. The van der Waals surface area contributed by atoms with Crippen LogP contribution < -0.4 is 10.6 Å². The molecule has 2 rings (SSSR count). The average molecular weight is 391 g/mol. The van der Waals surface area contributed by atoms with Crippen molar-refractivity contribution < 1.29 is 24.4 Å². The number of non-ortho nitro benzene ring substituents is 1. The highest BCUT2D eigenvalue weighted by molar-refractivity contribution is 5.99. The minimum absolute atomic E-state index is 0.0258. The second kappa shape index (κ2) is 9.46. The first kappa shape index (κ1) is 20.8. The topological polar surface area (TPSA) is 149 Å². The maximum Gasteiger partial charge on any atom is 0.341 e. The number of anilines is 2. The summed E-state index contributed by atoms with van der Waals surface area (Å²) in [6.07, 6.45) is 1.53. The van der Waals surface area contributed by atoms with Crippen molar-refractivity contribution >= 4 is 29.1 Å². The van der Waals surface area contributed by atoms with Crippen molar-refractivity contribution in [2.24, 2.45) is 0 Å². The number of rotatable bonds is 9. The number of nitro groups is 1. The molecule has 11 nitrogen and oxygen atoms in total. The number of aliphatic hydroxyl groups is 1. The Bertz CT molecular complexity index is 863. The van der Waals surface area contributed by atoms with Gasteiger partial charge in [0.25, 0.3) is 11.6 Å². The summed E-state index contributed by atoms with van der Waals surface area (Å²) in [7, 11) is 0. The number of benzene rings is 1. The number of nitrogens with zero attached hydrogens (tertiary/aromatic N) is 3. The Kier molecular flexibility index (Phi) is 7.04. The predicted octanol–water partition coefficient (Wildman–Crippen LogP) is 1.57. The van der Waals surface area contributed by atoms with Crippen molar-refractivity contribution in [2.45, 2.75) is 19.9 Å². The van der Waals surface area contributed by atoms with Crippen LogP contribution in [0.15, 0.2) is 30.5 Å². The van der Waals surface area contributed by atoms with E-state index in [9.17, 15) is 19.7 Å². The molecule has 0 saturated heterocycles. The predicted molar refractivity (Wildman–Crippen MR) is 100 cm³/mol. The molecule has 1 aromatic heterocycles. The van der Waals surface area contributed by atoms with Gasteiger partial charge in [0.2, 0.25) is 0 Å². The minimum atomic E-state index is -0.906. The highest BCUT2D eigenvalue weighted by atomic mass is 16.6. The van der Waals surface area contributed by atoms with Crippen LogP contribution in [-0.4, -0.2) is 51.4 Å². The van der Waals surface area contributed by atoms with E-state index in [1.54, 1.807) is 10.7 Å². The Balaban J connectivity index is 2.06. The fraction of sp³-hybridized carbons (Fsp3) is 0.353. The van der Waals surface area contributed by atoms with Crippen molar-refractivity contribution in [1.29, 1.82) is 0 Å². The molecule has 0 aliphatic heterocycles. The molecule has 0 atom stereocenters. The largest absolute Gasteiger partial charge is 0.452 e. The number of esters is 1. The van der Waals surface area contributed by atoms with E-state index in [2.05, 4.69) is 15.7 Å². The second-order valence-corrected chi connectivity index (χ2v) is 6.02. The second-order valence-electron chi connectivity index (χ2n) is 6.02. The zero-order valence-corrected chi connectivity index (χ0v) is 15.4. The SMILES string of the molecule is CC(C)n1nccc1NC(=O)COC(=O)c1cc([N+](=O)[O-])ccc1NCCO. The molecule has 1 heterocycles. The third-order valence-corrected chi connectivity index (χ3v) is 3.62. The van der Waals surface area contributed by atoms with E-state index in [4.69, 9.17) is 9.84 Å². The number of aliphatic hydroxyl groups excluding tert-OH is 1. The van der Waals surface area contributed by atoms with Gasteiger partial charge in [0.15, 0.2) is 6.61 Å². The van der Waals surface area contributed by atoms with E-state index in [1.165, 1.54) is 18.3 Å². The number of amides is 1. The normalized spacial score (nSPS) is 10.6. The Morgan fingerprint density at radius 3 is 2.75 bits per heavy atom. The lowest BCUT2D eigenvalue weighted by atomic mass is 10.1. The highest BCUT2D eigenvalue weighted by Crippen LogP contribution is 2.23. The summed E-state index contributed by atoms with van der Waals surface area (Å²) in [4.78, 5) is 34.7. The standard InChI is InChI=1S/C17H21N5O6/c1-11(2)21-15(5-6-19-21)20-16(24)10-28-17(25)13-9-12(22(26)27)3-4-14(13)18-7-8-23/h3-6,9,11,18,23H,7-8,10H2,1-2H3,(H,20,24). The summed E-state index contributed by atoms with van der Waals surface area (Å²) in [5.74, 6) is -1.03. The molecule has 0 aliphatic rings. The number of aromatic nitrogens is 2. The summed E-state index contributed by atoms with van der Waals surface area (Å²) >= 11 is 0. The molecule has 0 spiro atoms. The molecule has 0 saturated carbocycles. The molecule has 0 aliphatic carbocycles. The van der Waals surface area contributed by atoms with E-state index in [0.29, 0.717) is 5.82 Å². The molecule has 0 bridgehead atoms. The zero-order chi connectivity index (χ0) is 20.7. The number of hydrogen-bond acceptors (Lipinski definition) is 8. The van der Waals surface area contributed by atoms with Crippen molar-refractivity contribution in [3.8, 4) is 0 Å². The lowest BCUT2D eigenvalue weighted by Gasteiger charge is -2.13. The number of nitrogens with one attached hydrogen (secondary N) is 2. The van der Waals surface area contributed by atoms with Gasteiger partial charge in [-0.2, -0.15) is 5.10 Å². The van der Waals surface area contributed by atoms with Crippen LogP contribution in [0.3, 0.4) is 0 Å². The number of carbonyl (C=O) groups excluding carboxylic acids is 2. The van der Waals surface area contributed by atoms with Crippen LogP contribution in [0.5, 0.6) is 0 Å². The molecule has 0 radical (unpaired) electrons. The molecule has 0 fully saturated rings. The smallest absolute Gasteiger partial charge is 0.341 e. The van der Waals surface area contributed by atoms with Crippen LogP contribution in [-0.2, 0) is 9.53 Å². The Morgan fingerprint density at radius 1 is 1.36 bits per heavy atom. The van der Waals surface area contributed by atoms with Crippen LogP contribution in [0.1, 0.15) is 30.2 Å². The highest BCUT2D eigenvalue weighted by Gasteiger charge is 2.19. The van der Waals surface area contributed by atoms with Crippen molar-refractivity contribution in [1.82, 2.24) is 9.78 Å². The Morgan fingerprint density at radius 2 is 2.11 bits per heavy atom. The van der Waals surface area contributed by atoms with Crippen molar-refractivity contribution in [3.63, 3.8) is 0 Å². The lowest BCUT2D eigenvalue weighted by molar-refractivity contribution is -0.384. The van der Waals surface area contributed by atoms with E-state index in [-0.39, 0.29) is 36.1 Å². The van der Waals surface area contributed by atoms with E-state index < -0.39 is 23.4 Å². The maximum atomic E-state index is 12.3. The van der Waals surface area contributed by atoms with Gasteiger partial charge in [-0.1, -0.05) is 0 Å². The summed E-state index contributed by atoms with van der Waals surface area (Å²) in [6, 6.07) is 5.24. The molecule has 2 aromatic rings. The Hall–Kier alpha value is -3.47. The molecule has 28 heavy (non-hydrogen) atoms. The molecular formula is C17H21N5O6. The summed E-state index contributed by atoms with van der Waals surface area (Å²) in [5, 5.41) is 29.3. The van der Waals surface area contributed by atoms with Gasteiger partial charge in [-0.15, -0.1) is 0 Å². The third kappa shape index (κ3) is 5.27. The molecule has 150 valence electrons. The van der Waals surface area contributed by atoms with Crippen molar-refractivity contribution in [3.05, 3.63) is 46.1 Å². The van der Waals surface area contributed by atoms with Crippen LogP contribution in [0.2, 0.25) is 0 Å². The summed E-state index contributed by atoms with van der Waals surface area (Å²) in [6.45, 7) is 3.15. The van der Waals surface area contributed by atoms with E-state index in [1.807, 2.05) is 13.8 Å². The number of ether oxygens (including phenoxy) is 1. The van der Waals surface area contributed by atoms with Gasteiger partial charge in [0.1, 0.15) is 5.82 Å². The summed E-state index contributed by atoms with van der Waals surface area (Å²) in [5.41, 5.74) is -0.155. The van der Waals surface area contributed by atoms with Gasteiger partial charge >= 0.3 is 5.97 Å². The van der Waals surface area contributed by atoms with Crippen LogP contribution in [0.4, 0.5) is 17.2 Å². The molecule has 3 N–H and O–H groups in total. The number of carbonyl (C=O) groups is 2. The summed E-state index contributed by atoms with van der Waals surface area (Å²) < 4.78 is 6.58. The monoisotopic (exact) mass is 391 g/mol. The lowest BCUT2D eigenvalue weighted by Crippen LogP contribution is -2.23. The fourth-order valence-electron chi connectivity index (χ4n) is 2.37. The average Bonchev–Trinajstić information content (AvgIpc) is 3.12. The number of nitro benzene ring substituents is 1. The van der Waals surface area contributed by atoms with Crippen LogP contribution in [0, 0.1) is 10.1 Å². The molecule has 0 unspecified atom stereocenters. The number of hydrogen-bond donors (Lipinski definition) is 3. The first-order valence-corrected chi connectivity index (χ1v) is 8.47. The first-order chi connectivity index (χ1) is 13.3. The first-order valence-electron chi connectivity index (χ1n) is 8.47. The fourth-order valence-corrected chi connectivity index (χ4v) is 2.37. The third-order valence-electron chi connectivity index (χ3n) is 3.62. The van der Waals surface area contributed by atoms with Gasteiger partial charge in [0, 0.05) is 36.5 Å². The molecule has 11 heteroatoms.